The molecular formula is C25H34N2O3. The summed E-state index contributed by atoms with van der Waals surface area (Å²) in [5, 5.41) is 3.01. The molecule has 0 aliphatic heterocycles. The van der Waals surface area contributed by atoms with Crippen molar-refractivity contribution in [2.24, 2.45) is 0 Å². The first-order chi connectivity index (χ1) is 14.1. The smallest absolute Gasteiger partial charge is 0.261 e. The Morgan fingerprint density at radius 2 is 1.67 bits per heavy atom. The number of carbonyl (C=O) groups excluding carboxylic acids is 2. The van der Waals surface area contributed by atoms with Gasteiger partial charge in [-0.2, -0.15) is 0 Å². The first kappa shape index (κ1) is 23.5. The number of rotatable bonds is 8. The molecule has 162 valence electrons. The van der Waals surface area contributed by atoms with Crippen LogP contribution in [0.1, 0.15) is 50.8 Å². The lowest BCUT2D eigenvalue weighted by Gasteiger charge is -2.33. The predicted octanol–water partition coefficient (Wildman–Crippen LogP) is 4.40. The second-order valence-corrected chi connectivity index (χ2v) is 8.72. The van der Waals surface area contributed by atoms with Gasteiger partial charge in [-0.3, -0.25) is 9.59 Å². The summed E-state index contributed by atoms with van der Waals surface area (Å²) < 4.78 is 5.79. The minimum absolute atomic E-state index is 0.115. The van der Waals surface area contributed by atoms with Crippen LogP contribution in [0.4, 0.5) is 0 Å². The van der Waals surface area contributed by atoms with Crippen molar-refractivity contribution in [3.63, 3.8) is 0 Å². The van der Waals surface area contributed by atoms with Crippen molar-refractivity contribution < 1.29 is 14.3 Å². The maximum atomic E-state index is 13.2. The van der Waals surface area contributed by atoms with E-state index in [1.807, 2.05) is 90.1 Å². The Balaban J connectivity index is 2.24. The molecule has 0 saturated heterocycles. The monoisotopic (exact) mass is 410 g/mol. The van der Waals surface area contributed by atoms with Gasteiger partial charge in [0.1, 0.15) is 11.8 Å². The fourth-order valence-corrected chi connectivity index (χ4v) is 3.20. The van der Waals surface area contributed by atoms with Crippen molar-refractivity contribution in [3.8, 4) is 5.75 Å². The van der Waals surface area contributed by atoms with E-state index in [-0.39, 0.29) is 24.0 Å². The van der Waals surface area contributed by atoms with Crippen LogP contribution in [0.5, 0.6) is 5.75 Å². The lowest BCUT2D eigenvalue weighted by molar-refractivity contribution is -0.143. The van der Waals surface area contributed by atoms with E-state index in [1.165, 1.54) is 0 Å². The third kappa shape index (κ3) is 6.90. The van der Waals surface area contributed by atoms with Gasteiger partial charge >= 0.3 is 0 Å². The number of para-hydroxylation sites is 1. The summed E-state index contributed by atoms with van der Waals surface area (Å²) in [7, 11) is 0. The number of nitrogens with one attached hydrogen (secondary N) is 1. The van der Waals surface area contributed by atoms with Crippen LogP contribution in [0, 0.1) is 13.8 Å². The quantitative estimate of drug-likeness (QED) is 0.701. The molecule has 2 aromatic rings. The molecule has 1 N–H and O–H groups in total. The molecule has 0 bridgehead atoms. The third-order valence-electron chi connectivity index (χ3n) is 4.80. The van der Waals surface area contributed by atoms with Crippen LogP contribution in [0.15, 0.2) is 48.5 Å². The molecule has 0 aliphatic carbocycles. The molecule has 0 aliphatic rings. The predicted molar refractivity (Wildman–Crippen MR) is 120 cm³/mol. The summed E-state index contributed by atoms with van der Waals surface area (Å²) in [5.41, 5.74) is 2.72. The first-order valence-corrected chi connectivity index (χ1v) is 10.5. The van der Waals surface area contributed by atoms with Gasteiger partial charge in [-0.1, -0.05) is 55.0 Å². The van der Waals surface area contributed by atoms with E-state index in [4.69, 9.17) is 4.74 Å². The SMILES string of the molecule is CCC(C(=O)NC(C)(C)C)N(Cc1ccc(C)cc1)C(=O)COc1ccccc1C. The number of aryl methyl sites for hydroxylation is 2. The van der Waals surface area contributed by atoms with Crippen LogP contribution in [-0.4, -0.2) is 34.9 Å². The summed E-state index contributed by atoms with van der Waals surface area (Å²) in [6.07, 6.45) is 0.518. The Bertz CT molecular complexity index is 853. The van der Waals surface area contributed by atoms with Gasteiger partial charge in [0.15, 0.2) is 6.61 Å². The highest BCUT2D eigenvalue weighted by molar-refractivity contribution is 5.88. The van der Waals surface area contributed by atoms with E-state index in [9.17, 15) is 9.59 Å². The van der Waals surface area contributed by atoms with Gasteiger partial charge in [-0.05, 0) is 58.2 Å². The zero-order valence-corrected chi connectivity index (χ0v) is 19.0. The fraction of sp³-hybridized carbons (Fsp3) is 0.440. The number of ether oxygens (including phenoxy) is 1. The van der Waals surface area contributed by atoms with Crippen LogP contribution < -0.4 is 10.1 Å². The number of hydrogen-bond acceptors (Lipinski definition) is 3. The summed E-state index contributed by atoms with van der Waals surface area (Å²) >= 11 is 0. The van der Waals surface area contributed by atoms with Crippen molar-refractivity contribution in [1.29, 1.82) is 0 Å². The Kier molecular flexibility index (Phi) is 8.04. The number of benzene rings is 2. The molecule has 5 heteroatoms. The molecule has 0 fully saturated rings. The number of nitrogens with zero attached hydrogens (tertiary/aromatic N) is 1. The van der Waals surface area contributed by atoms with Crippen molar-refractivity contribution >= 4 is 11.8 Å². The molecular weight excluding hydrogens is 376 g/mol. The third-order valence-corrected chi connectivity index (χ3v) is 4.80. The second kappa shape index (κ2) is 10.3. The zero-order chi connectivity index (χ0) is 22.3. The highest BCUT2D eigenvalue weighted by atomic mass is 16.5. The molecule has 0 radical (unpaired) electrons. The van der Waals surface area contributed by atoms with Crippen molar-refractivity contribution in [2.45, 2.75) is 66.1 Å². The van der Waals surface area contributed by atoms with Gasteiger partial charge in [-0.15, -0.1) is 0 Å². The van der Waals surface area contributed by atoms with Gasteiger partial charge in [0, 0.05) is 12.1 Å². The van der Waals surface area contributed by atoms with E-state index in [0.29, 0.717) is 18.7 Å². The Hall–Kier alpha value is -2.82. The average molecular weight is 411 g/mol. The summed E-state index contributed by atoms with van der Waals surface area (Å²) in [6, 6.07) is 15.0. The number of amides is 2. The molecule has 2 aromatic carbocycles. The molecule has 0 aromatic heterocycles. The standard InChI is InChI=1S/C25H34N2O3/c1-7-21(24(29)26-25(4,5)6)27(16-20-14-12-18(2)13-15-20)23(28)17-30-22-11-9-8-10-19(22)3/h8-15,21H,7,16-17H2,1-6H3,(H,26,29). The van der Waals surface area contributed by atoms with E-state index in [2.05, 4.69) is 5.32 Å². The Morgan fingerprint density at radius 3 is 2.23 bits per heavy atom. The van der Waals surface area contributed by atoms with Crippen LogP contribution in [0.3, 0.4) is 0 Å². The van der Waals surface area contributed by atoms with Crippen molar-refractivity contribution in [1.82, 2.24) is 10.2 Å². The van der Waals surface area contributed by atoms with Crippen LogP contribution in [0.25, 0.3) is 0 Å². The normalized spacial score (nSPS) is 12.2. The fourth-order valence-electron chi connectivity index (χ4n) is 3.20. The Morgan fingerprint density at radius 1 is 1.03 bits per heavy atom. The summed E-state index contributed by atoms with van der Waals surface area (Å²) in [4.78, 5) is 27.8. The minimum Gasteiger partial charge on any atom is -0.484 e. The van der Waals surface area contributed by atoms with Crippen molar-refractivity contribution in [2.75, 3.05) is 6.61 Å². The van der Waals surface area contributed by atoms with Gasteiger partial charge in [0.25, 0.3) is 5.91 Å². The van der Waals surface area contributed by atoms with Crippen LogP contribution >= 0.6 is 0 Å². The molecule has 0 spiro atoms. The highest BCUT2D eigenvalue weighted by Gasteiger charge is 2.30. The van der Waals surface area contributed by atoms with Gasteiger partial charge < -0.3 is 15.0 Å². The van der Waals surface area contributed by atoms with Gasteiger partial charge in [0.05, 0.1) is 0 Å². The first-order valence-electron chi connectivity index (χ1n) is 10.5. The topological polar surface area (TPSA) is 58.6 Å². The average Bonchev–Trinajstić information content (AvgIpc) is 2.67. The largest absolute Gasteiger partial charge is 0.484 e. The molecule has 2 rings (SSSR count). The molecule has 5 nitrogen and oxygen atoms in total. The highest BCUT2D eigenvalue weighted by Crippen LogP contribution is 2.18. The van der Waals surface area contributed by atoms with Crippen LogP contribution in [-0.2, 0) is 16.1 Å². The maximum Gasteiger partial charge on any atom is 0.261 e. The van der Waals surface area contributed by atoms with E-state index >= 15 is 0 Å². The Labute approximate surface area is 180 Å². The zero-order valence-electron chi connectivity index (χ0n) is 19.0. The molecule has 2 amide bonds. The lowest BCUT2D eigenvalue weighted by Crippen LogP contribution is -2.54. The van der Waals surface area contributed by atoms with E-state index < -0.39 is 6.04 Å². The number of hydrogen-bond donors (Lipinski definition) is 1. The van der Waals surface area contributed by atoms with Crippen LogP contribution in [0.2, 0.25) is 0 Å². The van der Waals surface area contributed by atoms with Crippen molar-refractivity contribution in [3.05, 3.63) is 65.2 Å². The van der Waals surface area contributed by atoms with E-state index in [0.717, 1.165) is 16.7 Å². The minimum atomic E-state index is -0.571. The molecule has 30 heavy (non-hydrogen) atoms. The summed E-state index contributed by atoms with van der Waals surface area (Å²) in [5.74, 6) is 0.310. The van der Waals surface area contributed by atoms with Gasteiger partial charge in [0.2, 0.25) is 5.91 Å². The molecule has 0 heterocycles. The summed E-state index contributed by atoms with van der Waals surface area (Å²) in [6.45, 7) is 11.9. The maximum absolute atomic E-state index is 13.2. The molecule has 1 unspecified atom stereocenters. The molecule has 1 atom stereocenters. The lowest BCUT2D eigenvalue weighted by atomic mass is 10.1. The van der Waals surface area contributed by atoms with Gasteiger partial charge in [-0.25, -0.2) is 0 Å². The number of carbonyl (C=O) groups is 2. The second-order valence-electron chi connectivity index (χ2n) is 8.72. The molecule has 0 saturated carbocycles. The van der Waals surface area contributed by atoms with E-state index in [1.54, 1.807) is 4.90 Å².